The van der Waals surface area contributed by atoms with Gasteiger partial charge in [0.15, 0.2) is 11.2 Å². The van der Waals surface area contributed by atoms with Crippen LogP contribution in [0.4, 0.5) is 25.1 Å². The molecular formula is C18H14F5N3O2S. The van der Waals surface area contributed by atoms with Gasteiger partial charge in [0, 0.05) is 5.56 Å². The minimum absolute atomic E-state index is 0.118. The SMILES string of the molecule is [C-]#[N+]c1cccc(OCC(C)(C#N)NC(=O)c2ccc(S(F)(F)(F)(F)F)cc2)c1. The van der Waals surface area contributed by atoms with Crippen molar-refractivity contribution >= 4 is 21.8 Å². The van der Waals surface area contributed by atoms with E-state index in [1.807, 2.05) is 6.07 Å². The summed E-state index contributed by atoms with van der Waals surface area (Å²) in [4.78, 5) is 13.3. The second-order valence-electron chi connectivity index (χ2n) is 6.29. The summed E-state index contributed by atoms with van der Waals surface area (Å²) in [5.41, 5.74) is -1.62. The Hall–Kier alpha value is -3.31. The van der Waals surface area contributed by atoms with Crippen LogP contribution >= 0.6 is 10.2 Å². The van der Waals surface area contributed by atoms with E-state index in [0.717, 1.165) is 0 Å². The molecule has 0 aliphatic rings. The second kappa shape index (κ2) is 6.64. The van der Waals surface area contributed by atoms with Gasteiger partial charge in [0.2, 0.25) is 0 Å². The molecule has 0 aliphatic carbocycles. The molecule has 0 spiro atoms. The van der Waals surface area contributed by atoms with Crippen molar-refractivity contribution in [1.82, 2.24) is 5.32 Å². The maximum atomic E-state index is 12.7. The molecular weight excluding hydrogens is 417 g/mol. The van der Waals surface area contributed by atoms with Crippen LogP contribution < -0.4 is 10.1 Å². The van der Waals surface area contributed by atoms with Crippen LogP contribution in [0.25, 0.3) is 4.85 Å². The van der Waals surface area contributed by atoms with Crippen molar-refractivity contribution in [2.24, 2.45) is 0 Å². The zero-order chi connectivity index (χ0) is 22.0. The van der Waals surface area contributed by atoms with Crippen LogP contribution in [-0.4, -0.2) is 18.1 Å². The lowest BCUT2D eigenvalue weighted by Crippen LogP contribution is -2.49. The topological polar surface area (TPSA) is 66.5 Å². The highest BCUT2D eigenvalue weighted by molar-refractivity contribution is 8.45. The van der Waals surface area contributed by atoms with E-state index in [2.05, 4.69) is 10.2 Å². The molecule has 2 rings (SSSR count). The zero-order valence-corrected chi connectivity index (χ0v) is 15.7. The van der Waals surface area contributed by atoms with Gasteiger partial charge in [-0.25, -0.2) is 4.85 Å². The molecule has 0 bridgehead atoms. The van der Waals surface area contributed by atoms with Gasteiger partial charge in [-0.15, -0.1) is 0 Å². The van der Waals surface area contributed by atoms with Crippen LogP contribution in [0.2, 0.25) is 0 Å². The number of amides is 1. The average molecular weight is 431 g/mol. The summed E-state index contributed by atoms with van der Waals surface area (Å²) in [6, 6.07) is 9.31. The van der Waals surface area contributed by atoms with E-state index in [1.165, 1.54) is 19.1 Å². The Morgan fingerprint density at radius 3 is 2.34 bits per heavy atom. The lowest BCUT2D eigenvalue weighted by atomic mass is 10.1. The molecule has 11 heteroatoms. The molecule has 2 aromatic carbocycles. The van der Waals surface area contributed by atoms with Crippen molar-refractivity contribution in [2.45, 2.75) is 17.4 Å². The van der Waals surface area contributed by atoms with E-state index in [0.29, 0.717) is 17.8 Å². The van der Waals surface area contributed by atoms with Gasteiger partial charge in [0.25, 0.3) is 5.91 Å². The monoisotopic (exact) mass is 431 g/mol. The third kappa shape index (κ3) is 5.83. The Labute approximate surface area is 163 Å². The Bertz CT molecular complexity index is 1030. The fourth-order valence-electron chi connectivity index (χ4n) is 2.15. The number of rotatable bonds is 6. The fourth-order valence-corrected chi connectivity index (χ4v) is 2.80. The summed E-state index contributed by atoms with van der Waals surface area (Å²) in [6.45, 7) is 7.92. The highest BCUT2D eigenvalue weighted by atomic mass is 32.5. The first-order valence-corrected chi connectivity index (χ1v) is 9.79. The number of nitrogens with zero attached hydrogens (tertiary/aromatic N) is 2. The van der Waals surface area contributed by atoms with Crippen molar-refractivity contribution in [3.8, 4) is 11.8 Å². The molecule has 2 aromatic rings. The molecule has 0 radical (unpaired) electrons. The smallest absolute Gasteiger partial charge is 0.310 e. The number of ether oxygens (including phenoxy) is 1. The maximum Gasteiger partial charge on any atom is 0.310 e. The molecule has 1 atom stereocenters. The molecule has 0 fully saturated rings. The second-order valence-corrected chi connectivity index (χ2v) is 8.70. The summed E-state index contributed by atoms with van der Waals surface area (Å²) < 4.78 is 69.1. The Balaban J connectivity index is 2.13. The van der Waals surface area contributed by atoms with Gasteiger partial charge >= 0.3 is 10.2 Å². The first kappa shape index (κ1) is 22.0. The van der Waals surface area contributed by atoms with Crippen LogP contribution in [0.1, 0.15) is 17.3 Å². The van der Waals surface area contributed by atoms with Crippen LogP contribution in [0.15, 0.2) is 53.4 Å². The lowest BCUT2D eigenvalue weighted by molar-refractivity contribution is 0.0901. The molecule has 0 saturated heterocycles. The van der Waals surface area contributed by atoms with Crippen molar-refractivity contribution in [2.75, 3.05) is 6.61 Å². The quantitative estimate of drug-likeness (QED) is 0.452. The number of nitrogens with one attached hydrogen (secondary N) is 1. The molecule has 1 amide bonds. The molecule has 29 heavy (non-hydrogen) atoms. The number of carbonyl (C=O) groups is 1. The summed E-state index contributed by atoms with van der Waals surface area (Å²) in [6.07, 6.45) is 0. The minimum Gasteiger partial charge on any atom is -0.491 e. The lowest BCUT2D eigenvalue weighted by Gasteiger charge is -2.40. The number of hydrogen-bond acceptors (Lipinski definition) is 3. The number of halogens is 5. The third-order valence-corrected chi connectivity index (χ3v) is 4.84. The normalized spacial score (nSPS) is 15.6. The number of hydrogen-bond donors (Lipinski definition) is 1. The van der Waals surface area contributed by atoms with Crippen molar-refractivity contribution in [3.05, 3.63) is 65.5 Å². The third-order valence-electron chi connectivity index (χ3n) is 3.67. The van der Waals surface area contributed by atoms with E-state index in [-0.39, 0.29) is 30.1 Å². The van der Waals surface area contributed by atoms with Crippen LogP contribution in [0.5, 0.6) is 5.75 Å². The summed E-state index contributed by atoms with van der Waals surface area (Å²) in [7, 11) is -9.84. The molecule has 0 heterocycles. The van der Waals surface area contributed by atoms with Crippen LogP contribution in [0.3, 0.4) is 0 Å². The number of carbonyl (C=O) groups excluding carboxylic acids is 1. The van der Waals surface area contributed by atoms with Gasteiger partial charge in [-0.1, -0.05) is 31.6 Å². The van der Waals surface area contributed by atoms with Gasteiger partial charge in [0.1, 0.15) is 17.3 Å². The van der Waals surface area contributed by atoms with E-state index in [9.17, 15) is 29.5 Å². The highest BCUT2D eigenvalue weighted by Crippen LogP contribution is 3.02. The summed E-state index contributed by atoms with van der Waals surface area (Å²) in [5.74, 6) is -0.671. The zero-order valence-electron chi connectivity index (χ0n) is 14.8. The Morgan fingerprint density at radius 1 is 1.21 bits per heavy atom. The first-order valence-electron chi connectivity index (χ1n) is 7.84. The van der Waals surface area contributed by atoms with E-state index >= 15 is 0 Å². The fraction of sp³-hybridized carbons (Fsp3) is 0.167. The molecule has 0 aromatic heterocycles. The maximum absolute atomic E-state index is 12.7. The molecule has 154 valence electrons. The Kier molecular flexibility index (Phi) is 5.03. The van der Waals surface area contributed by atoms with Crippen molar-refractivity contribution < 1.29 is 29.0 Å². The van der Waals surface area contributed by atoms with Crippen molar-refractivity contribution in [1.29, 1.82) is 5.26 Å². The highest BCUT2D eigenvalue weighted by Gasteiger charge is 2.65. The molecule has 1 unspecified atom stereocenters. The number of nitriles is 1. The molecule has 1 N–H and O–H groups in total. The molecule has 0 saturated carbocycles. The largest absolute Gasteiger partial charge is 0.491 e. The van der Waals surface area contributed by atoms with Crippen LogP contribution in [0, 0.1) is 17.9 Å². The predicted octanol–water partition coefficient (Wildman–Crippen LogP) is 5.99. The first-order chi connectivity index (χ1) is 13.2. The summed E-state index contributed by atoms with van der Waals surface area (Å²) in [5, 5.41) is 11.6. The standard InChI is InChI=1S/C18H14F5N3O2S/c1-18(11-24,12-28-15-5-3-4-14(10-15)25-2)26-17(27)13-6-8-16(9-7-13)29(19,20,21,22)23/h3-10H,12H2,1H3,(H,26,27). The van der Waals surface area contributed by atoms with Gasteiger partial charge < -0.3 is 10.1 Å². The van der Waals surface area contributed by atoms with Gasteiger partial charge in [-0.3, -0.25) is 4.79 Å². The van der Waals surface area contributed by atoms with E-state index < -0.39 is 26.6 Å². The number of benzene rings is 2. The van der Waals surface area contributed by atoms with Gasteiger partial charge in [0.05, 0.1) is 12.6 Å². The van der Waals surface area contributed by atoms with E-state index in [1.54, 1.807) is 12.1 Å². The average Bonchev–Trinajstić information content (AvgIpc) is 2.65. The predicted molar refractivity (Wildman–Crippen MR) is 97.5 cm³/mol. The van der Waals surface area contributed by atoms with E-state index in [4.69, 9.17) is 11.3 Å². The minimum atomic E-state index is -9.84. The molecule has 5 nitrogen and oxygen atoms in total. The van der Waals surface area contributed by atoms with Gasteiger partial charge in [-0.05, 0) is 43.3 Å². The summed E-state index contributed by atoms with van der Waals surface area (Å²) >= 11 is 0. The van der Waals surface area contributed by atoms with Gasteiger partial charge in [-0.2, -0.15) is 5.26 Å². The van der Waals surface area contributed by atoms with Crippen molar-refractivity contribution in [3.63, 3.8) is 0 Å². The Morgan fingerprint density at radius 2 is 1.83 bits per heavy atom. The van der Waals surface area contributed by atoms with Crippen LogP contribution in [-0.2, 0) is 0 Å². The molecule has 0 aliphatic heterocycles.